The first-order chi connectivity index (χ1) is 10.3. The highest BCUT2D eigenvalue weighted by Crippen LogP contribution is 2.26. The SMILES string of the molecule is CCc1ccc(-c2nc3cc(CN)ccc3n2CC)cc1. The number of benzene rings is 2. The van der Waals surface area contributed by atoms with Crippen LogP contribution in [0.1, 0.15) is 25.0 Å². The van der Waals surface area contributed by atoms with Gasteiger partial charge in [-0.05, 0) is 36.6 Å². The lowest BCUT2D eigenvalue weighted by molar-refractivity contribution is 0.796. The minimum Gasteiger partial charge on any atom is -0.326 e. The van der Waals surface area contributed by atoms with Gasteiger partial charge >= 0.3 is 0 Å². The van der Waals surface area contributed by atoms with Gasteiger partial charge in [-0.3, -0.25) is 0 Å². The predicted octanol–water partition coefficient (Wildman–Crippen LogP) is 3.74. The molecule has 1 heterocycles. The van der Waals surface area contributed by atoms with Gasteiger partial charge in [0.1, 0.15) is 5.82 Å². The van der Waals surface area contributed by atoms with Gasteiger partial charge in [0.25, 0.3) is 0 Å². The fourth-order valence-corrected chi connectivity index (χ4v) is 2.73. The van der Waals surface area contributed by atoms with Crippen LogP contribution in [0.5, 0.6) is 0 Å². The van der Waals surface area contributed by atoms with E-state index in [1.807, 2.05) is 0 Å². The standard InChI is InChI=1S/C18H21N3/c1-3-13-5-8-15(9-6-13)18-20-16-11-14(12-19)7-10-17(16)21(18)4-2/h5-11H,3-4,12,19H2,1-2H3. The zero-order valence-corrected chi connectivity index (χ0v) is 12.6. The second-order valence-electron chi connectivity index (χ2n) is 5.26. The van der Waals surface area contributed by atoms with E-state index in [-0.39, 0.29) is 0 Å². The minimum absolute atomic E-state index is 0.551. The number of aromatic nitrogens is 2. The van der Waals surface area contributed by atoms with Crippen molar-refractivity contribution >= 4 is 11.0 Å². The molecule has 0 aliphatic heterocycles. The Hall–Kier alpha value is -2.13. The predicted molar refractivity (Wildman–Crippen MR) is 88.1 cm³/mol. The third-order valence-corrected chi connectivity index (χ3v) is 3.98. The van der Waals surface area contributed by atoms with Gasteiger partial charge in [-0.15, -0.1) is 0 Å². The molecule has 3 rings (SSSR count). The van der Waals surface area contributed by atoms with E-state index in [1.165, 1.54) is 16.6 Å². The van der Waals surface area contributed by atoms with Crippen molar-refractivity contribution in [2.75, 3.05) is 0 Å². The highest BCUT2D eigenvalue weighted by atomic mass is 15.1. The Morgan fingerprint density at radius 2 is 1.71 bits per heavy atom. The average molecular weight is 279 g/mol. The Balaban J connectivity index is 2.16. The second-order valence-corrected chi connectivity index (χ2v) is 5.26. The Morgan fingerprint density at radius 3 is 2.33 bits per heavy atom. The van der Waals surface area contributed by atoms with E-state index in [4.69, 9.17) is 10.7 Å². The molecule has 0 atom stereocenters. The maximum absolute atomic E-state index is 5.73. The van der Waals surface area contributed by atoms with Crippen LogP contribution in [0.25, 0.3) is 22.4 Å². The number of nitrogens with two attached hydrogens (primary N) is 1. The molecular weight excluding hydrogens is 258 g/mol. The first-order valence-corrected chi connectivity index (χ1v) is 7.55. The van der Waals surface area contributed by atoms with Gasteiger partial charge < -0.3 is 10.3 Å². The number of rotatable bonds is 4. The Bertz CT molecular complexity index is 754. The van der Waals surface area contributed by atoms with Gasteiger partial charge in [0, 0.05) is 18.7 Å². The summed E-state index contributed by atoms with van der Waals surface area (Å²) in [5.41, 5.74) is 11.6. The van der Waals surface area contributed by atoms with Crippen LogP contribution in [0.4, 0.5) is 0 Å². The zero-order chi connectivity index (χ0) is 14.8. The number of hydrogen-bond acceptors (Lipinski definition) is 2. The monoisotopic (exact) mass is 279 g/mol. The van der Waals surface area contributed by atoms with Crippen LogP contribution < -0.4 is 5.73 Å². The number of fused-ring (bicyclic) bond motifs is 1. The van der Waals surface area contributed by atoms with Gasteiger partial charge in [0.2, 0.25) is 0 Å². The van der Waals surface area contributed by atoms with Gasteiger partial charge in [-0.25, -0.2) is 4.98 Å². The first-order valence-electron chi connectivity index (χ1n) is 7.55. The maximum Gasteiger partial charge on any atom is 0.141 e. The van der Waals surface area contributed by atoms with Crippen molar-refractivity contribution < 1.29 is 0 Å². The molecule has 3 heteroatoms. The molecule has 3 nitrogen and oxygen atoms in total. The Morgan fingerprint density at radius 1 is 1.00 bits per heavy atom. The van der Waals surface area contributed by atoms with Crippen molar-refractivity contribution in [3.63, 3.8) is 0 Å². The van der Waals surface area contributed by atoms with Crippen LogP contribution in [-0.4, -0.2) is 9.55 Å². The summed E-state index contributed by atoms with van der Waals surface area (Å²) in [5.74, 6) is 1.03. The molecule has 3 aromatic rings. The lowest BCUT2D eigenvalue weighted by atomic mass is 10.1. The van der Waals surface area contributed by atoms with Crippen molar-refractivity contribution in [1.82, 2.24) is 9.55 Å². The molecule has 2 aromatic carbocycles. The molecule has 0 spiro atoms. The van der Waals surface area contributed by atoms with E-state index in [1.54, 1.807) is 0 Å². The maximum atomic E-state index is 5.73. The number of imidazole rings is 1. The van der Waals surface area contributed by atoms with E-state index >= 15 is 0 Å². The molecule has 2 N–H and O–H groups in total. The fourth-order valence-electron chi connectivity index (χ4n) is 2.73. The third kappa shape index (κ3) is 2.45. The topological polar surface area (TPSA) is 43.8 Å². The summed E-state index contributed by atoms with van der Waals surface area (Å²) in [6, 6.07) is 15.0. The zero-order valence-electron chi connectivity index (χ0n) is 12.6. The summed E-state index contributed by atoms with van der Waals surface area (Å²) in [5, 5.41) is 0. The van der Waals surface area contributed by atoms with Crippen molar-refractivity contribution in [1.29, 1.82) is 0 Å². The largest absolute Gasteiger partial charge is 0.326 e. The van der Waals surface area contributed by atoms with Crippen molar-refractivity contribution in [2.45, 2.75) is 33.4 Å². The quantitative estimate of drug-likeness (QED) is 0.790. The van der Waals surface area contributed by atoms with E-state index in [0.29, 0.717) is 6.54 Å². The van der Waals surface area contributed by atoms with Gasteiger partial charge in [-0.2, -0.15) is 0 Å². The molecule has 0 amide bonds. The first kappa shape index (κ1) is 13.8. The number of hydrogen-bond donors (Lipinski definition) is 1. The van der Waals surface area contributed by atoms with Crippen LogP contribution in [0.2, 0.25) is 0 Å². The van der Waals surface area contributed by atoms with Gasteiger partial charge in [0.15, 0.2) is 0 Å². The normalized spacial score (nSPS) is 11.2. The Kier molecular flexibility index (Phi) is 3.76. The molecular formula is C18H21N3. The van der Waals surface area contributed by atoms with E-state index < -0.39 is 0 Å². The third-order valence-electron chi connectivity index (χ3n) is 3.98. The van der Waals surface area contributed by atoms with Crippen molar-refractivity contribution in [3.8, 4) is 11.4 Å². The smallest absolute Gasteiger partial charge is 0.141 e. The average Bonchev–Trinajstić information content (AvgIpc) is 2.92. The van der Waals surface area contributed by atoms with E-state index in [0.717, 1.165) is 29.9 Å². The van der Waals surface area contributed by atoms with Crippen molar-refractivity contribution in [3.05, 3.63) is 53.6 Å². The summed E-state index contributed by atoms with van der Waals surface area (Å²) >= 11 is 0. The molecule has 108 valence electrons. The molecule has 0 unspecified atom stereocenters. The van der Waals surface area contributed by atoms with Crippen molar-refractivity contribution in [2.24, 2.45) is 5.73 Å². The van der Waals surface area contributed by atoms with Crippen LogP contribution >= 0.6 is 0 Å². The van der Waals surface area contributed by atoms with Crippen LogP contribution in [0.15, 0.2) is 42.5 Å². The number of nitrogens with zero attached hydrogens (tertiary/aromatic N) is 2. The molecule has 0 aliphatic carbocycles. The summed E-state index contributed by atoms with van der Waals surface area (Å²) in [4.78, 5) is 4.83. The molecule has 0 saturated carbocycles. The highest BCUT2D eigenvalue weighted by molar-refractivity contribution is 5.81. The lowest BCUT2D eigenvalue weighted by Gasteiger charge is -2.07. The van der Waals surface area contributed by atoms with Crippen LogP contribution in [0.3, 0.4) is 0 Å². The fraction of sp³-hybridized carbons (Fsp3) is 0.278. The molecule has 0 saturated heterocycles. The van der Waals surface area contributed by atoms with Crippen LogP contribution in [-0.2, 0) is 19.5 Å². The minimum atomic E-state index is 0.551. The number of aryl methyl sites for hydroxylation is 2. The van der Waals surface area contributed by atoms with Gasteiger partial charge in [0.05, 0.1) is 11.0 Å². The Labute approximate surface area is 125 Å². The summed E-state index contributed by atoms with van der Waals surface area (Å²) < 4.78 is 2.26. The second kappa shape index (κ2) is 5.70. The molecule has 0 fully saturated rings. The van der Waals surface area contributed by atoms with Gasteiger partial charge in [-0.1, -0.05) is 37.3 Å². The molecule has 21 heavy (non-hydrogen) atoms. The lowest BCUT2D eigenvalue weighted by Crippen LogP contribution is -1.98. The highest BCUT2D eigenvalue weighted by Gasteiger charge is 2.11. The van der Waals surface area contributed by atoms with Crippen LogP contribution in [0, 0.1) is 0 Å². The molecule has 1 aromatic heterocycles. The molecule has 0 aliphatic rings. The summed E-state index contributed by atoms with van der Waals surface area (Å²) in [7, 11) is 0. The van der Waals surface area contributed by atoms with E-state index in [9.17, 15) is 0 Å². The summed E-state index contributed by atoms with van der Waals surface area (Å²) in [6.45, 7) is 5.78. The summed E-state index contributed by atoms with van der Waals surface area (Å²) in [6.07, 6.45) is 1.06. The van der Waals surface area contributed by atoms with E-state index in [2.05, 4.69) is 60.9 Å². The molecule has 0 radical (unpaired) electrons. The molecule has 0 bridgehead atoms.